The zero-order valence-corrected chi connectivity index (χ0v) is 13.5. The van der Waals surface area contributed by atoms with E-state index in [9.17, 15) is 4.79 Å². The molecule has 1 aromatic heterocycles. The van der Waals surface area contributed by atoms with Crippen molar-refractivity contribution in [2.45, 2.75) is 51.8 Å². The van der Waals surface area contributed by atoms with Crippen molar-refractivity contribution in [1.29, 1.82) is 0 Å². The van der Waals surface area contributed by atoms with E-state index in [0.29, 0.717) is 24.2 Å². The summed E-state index contributed by atoms with van der Waals surface area (Å²) in [6, 6.07) is 3.64. The van der Waals surface area contributed by atoms with Gasteiger partial charge in [0.05, 0.1) is 6.54 Å². The quantitative estimate of drug-likeness (QED) is 0.845. The van der Waals surface area contributed by atoms with Crippen molar-refractivity contribution < 1.29 is 13.9 Å². The molecule has 0 aliphatic heterocycles. The number of hydrogen-bond donors (Lipinski definition) is 2. The molecular formula is C15H23ClN2O3. The Kier molecular flexibility index (Phi) is 5.17. The molecule has 1 amide bonds. The number of ether oxygens (including phenoxy) is 1. The lowest BCUT2D eigenvalue weighted by atomic mass is 10.2. The highest BCUT2D eigenvalue weighted by Gasteiger charge is 2.33. The van der Waals surface area contributed by atoms with Crippen molar-refractivity contribution in [1.82, 2.24) is 10.6 Å². The Morgan fingerprint density at radius 3 is 2.71 bits per heavy atom. The Morgan fingerprint density at radius 2 is 2.19 bits per heavy atom. The summed E-state index contributed by atoms with van der Waals surface area (Å²) in [4.78, 5) is 11.8. The predicted molar refractivity (Wildman–Crippen MR) is 81.3 cm³/mol. The summed E-state index contributed by atoms with van der Waals surface area (Å²) in [5, 5.41) is 6.62. The van der Waals surface area contributed by atoms with Crippen LogP contribution in [0.2, 0.25) is 5.22 Å². The zero-order chi connectivity index (χ0) is 15.5. The summed E-state index contributed by atoms with van der Waals surface area (Å²) in [7, 11) is 0. The van der Waals surface area contributed by atoms with Gasteiger partial charge >= 0.3 is 6.09 Å². The first-order valence-corrected chi connectivity index (χ1v) is 7.66. The molecule has 6 heteroatoms. The number of alkyl carbamates (subject to hydrolysis) is 1. The van der Waals surface area contributed by atoms with Crippen molar-refractivity contribution >= 4 is 17.7 Å². The molecule has 118 valence electrons. The third-order valence-corrected chi connectivity index (χ3v) is 3.39. The first kappa shape index (κ1) is 16.2. The fourth-order valence-corrected chi connectivity index (χ4v) is 2.25. The lowest BCUT2D eigenvalue weighted by Gasteiger charge is -2.23. The van der Waals surface area contributed by atoms with Crippen LogP contribution >= 0.6 is 11.6 Å². The molecule has 0 spiro atoms. The number of halogens is 1. The number of rotatable bonds is 6. The molecule has 0 bridgehead atoms. The second-order valence-electron chi connectivity index (χ2n) is 6.43. The molecule has 1 fully saturated rings. The van der Waals surface area contributed by atoms with Crippen LogP contribution in [0.1, 0.15) is 39.4 Å². The number of carbonyl (C=O) groups is 1. The lowest BCUT2D eigenvalue weighted by Crippen LogP contribution is -2.45. The molecule has 0 aromatic carbocycles. The molecular weight excluding hydrogens is 292 g/mol. The van der Waals surface area contributed by atoms with Gasteiger partial charge in [-0.15, -0.1) is 0 Å². The first-order chi connectivity index (χ1) is 9.83. The molecule has 1 aliphatic carbocycles. The Balaban J connectivity index is 1.76. The molecule has 0 saturated heterocycles. The van der Waals surface area contributed by atoms with Gasteiger partial charge < -0.3 is 19.8 Å². The smallest absolute Gasteiger partial charge is 0.407 e. The SMILES string of the molecule is CC(C)(C)OC(=O)NC(CNCc1ccc(Cl)o1)C1CC1. The van der Waals surface area contributed by atoms with E-state index in [1.807, 2.05) is 26.8 Å². The van der Waals surface area contributed by atoms with Gasteiger partial charge in [0, 0.05) is 12.6 Å². The Bertz CT molecular complexity index is 478. The standard InChI is InChI=1S/C15H23ClN2O3/c1-15(2,3)21-14(19)18-12(10-4-5-10)9-17-8-11-6-7-13(16)20-11/h6-7,10,12,17H,4-5,8-9H2,1-3H3,(H,18,19). The summed E-state index contributed by atoms with van der Waals surface area (Å²) in [6.07, 6.45) is 1.94. The van der Waals surface area contributed by atoms with E-state index in [0.717, 1.165) is 18.6 Å². The van der Waals surface area contributed by atoms with Crippen LogP contribution in [0.3, 0.4) is 0 Å². The highest BCUT2D eigenvalue weighted by Crippen LogP contribution is 2.32. The summed E-state index contributed by atoms with van der Waals surface area (Å²) < 4.78 is 10.6. The average molecular weight is 315 g/mol. The minimum Gasteiger partial charge on any atom is -0.448 e. The van der Waals surface area contributed by atoms with Crippen LogP contribution in [0, 0.1) is 5.92 Å². The van der Waals surface area contributed by atoms with Gasteiger partial charge in [0.2, 0.25) is 0 Å². The fraction of sp³-hybridized carbons (Fsp3) is 0.667. The van der Waals surface area contributed by atoms with Gasteiger partial charge in [-0.2, -0.15) is 0 Å². The molecule has 1 aliphatic rings. The number of furan rings is 1. The van der Waals surface area contributed by atoms with Crippen molar-refractivity contribution in [3.63, 3.8) is 0 Å². The minimum atomic E-state index is -0.476. The number of carbonyl (C=O) groups excluding carboxylic acids is 1. The van der Waals surface area contributed by atoms with Gasteiger partial charge in [0.1, 0.15) is 11.4 Å². The van der Waals surface area contributed by atoms with E-state index in [2.05, 4.69) is 10.6 Å². The average Bonchev–Trinajstić information content (AvgIpc) is 3.10. The van der Waals surface area contributed by atoms with Crippen molar-refractivity contribution in [2.75, 3.05) is 6.54 Å². The second-order valence-corrected chi connectivity index (χ2v) is 6.80. The maximum Gasteiger partial charge on any atom is 0.407 e. The summed E-state index contributed by atoms with van der Waals surface area (Å²) in [5.41, 5.74) is -0.476. The fourth-order valence-electron chi connectivity index (χ4n) is 2.09. The monoisotopic (exact) mass is 314 g/mol. The third kappa shape index (κ3) is 5.98. The molecule has 21 heavy (non-hydrogen) atoms. The second kappa shape index (κ2) is 6.71. The van der Waals surface area contributed by atoms with Crippen LogP contribution in [0.25, 0.3) is 0 Å². The normalized spacial score (nSPS) is 16.6. The molecule has 2 N–H and O–H groups in total. The third-order valence-electron chi connectivity index (χ3n) is 3.19. The maximum absolute atomic E-state index is 11.8. The van der Waals surface area contributed by atoms with Gasteiger partial charge in [0.25, 0.3) is 0 Å². The van der Waals surface area contributed by atoms with Crippen molar-refractivity contribution in [3.05, 3.63) is 23.1 Å². The van der Waals surface area contributed by atoms with Crippen LogP contribution in [0.15, 0.2) is 16.5 Å². The summed E-state index contributed by atoms with van der Waals surface area (Å²) in [5.74, 6) is 1.32. The van der Waals surface area contributed by atoms with Gasteiger partial charge in [-0.3, -0.25) is 0 Å². The highest BCUT2D eigenvalue weighted by atomic mass is 35.5. The van der Waals surface area contributed by atoms with Crippen molar-refractivity contribution in [3.8, 4) is 0 Å². The Morgan fingerprint density at radius 1 is 1.48 bits per heavy atom. The molecule has 5 nitrogen and oxygen atoms in total. The minimum absolute atomic E-state index is 0.0882. The molecule has 1 aromatic rings. The topological polar surface area (TPSA) is 63.5 Å². The Hall–Kier alpha value is -1.20. The number of nitrogens with one attached hydrogen (secondary N) is 2. The van der Waals surface area contributed by atoms with E-state index in [1.54, 1.807) is 6.07 Å². The summed E-state index contributed by atoms with van der Waals surface area (Å²) in [6.45, 7) is 6.85. The molecule has 1 unspecified atom stereocenters. The summed E-state index contributed by atoms with van der Waals surface area (Å²) >= 11 is 5.72. The van der Waals surface area contributed by atoms with Crippen LogP contribution < -0.4 is 10.6 Å². The van der Waals surface area contributed by atoms with Crippen LogP contribution in [-0.4, -0.2) is 24.3 Å². The van der Waals surface area contributed by atoms with E-state index >= 15 is 0 Å². The maximum atomic E-state index is 11.8. The van der Waals surface area contributed by atoms with E-state index in [-0.39, 0.29) is 12.1 Å². The lowest BCUT2D eigenvalue weighted by molar-refractivity contribution is 0.0497. The van der Waals surface area contributed by atoms with E-state index in [4.69, 9.17) is 20.8 Å². The van der Waals surface area contributed by atoms with Gasteiger partial charge in [0.15, 0.2) is 5.22 Å². The molecule has 0 radical (unpaired) electrons. The first-order valence-electron chi connectivity index (χ1n) is 7.28. The molecule has 2 rings (SSSR count). The van der Waals surface area contributed by atoms with E-state index < -0.39 is 5.60 Å². The van der Waals surface area contributed by atoms with Crippen LogP contribution in [-0.2, 0) is 11.3 Å². The van der Waals surface area contributed by atoms with Gasteiger partial charge in [-0.1, -0.05) is 0 Å². The van der Waals surface area contributed by atoms with Crippen molar-refractivity contribution in [2.24, 2.45) is 5.92 Å². The number of hydrogen-bond acceptors (Lipinski definition) is 4. The zero-order valence-electron chi connectivity index (χ0n) is 12.7. The molecule has 1 saturated carbocycles. The van der Waals surface area contributed by atoms with Gasteiger partial charge in [-0.25, -0.2) is 4.79 Å². The van der Waals surface area contributed by atoms with Crippen LogP contribution in [0.5, 0.6) is 0 Å². The number of amides is 1. The van der Waals surface area contributed by atoms with E-state index in [1.165, 1.54) is 0 Å². The predicted octanol–water partition coefficient (Wildman–Crippen LogP) is 3.33. The molecule has 1 heterocycles. The highest BCUT2D eigenvalue weighted by molar-refractivity contribution is 6.28. The molecule has 1 atom stereocenters. The van der Waals surface area contributed by atoms with Crippen LogP contribution in [0.4, 0.5) is 4.79 Å². The largest absolute Gasteiger partial charge is 0.448 e. The van der Waals surface area contributed by atoms with Gasteiger partial charge in [-0.05, 0) is 63.3 Å². The Labute approximate surface area is 130 Å².